The molecule has 1 aromatic carbocycles. The summed E-state index contributed by atoms with van der Waals surface area (Å²) in [6, 6.07) is 10.3. The van der Waals surface area contributed by atoms with Gasteiger partial charge in [0.05, 0.1) is 23.0 Å². The van der Waals surface area contributed by atoms with Gasteiger partial charge in [-0.25, -0.2) is 0 Å². The first-order chi connectivity index (χ1) is 9.85. The number of hydrogen-bond acceptors (Lipinski definition) is 4. The van der Waals surface area contributed by atoms with Gasteiger partial charge in [-0.05, 0) is 11.8 Å². The Kier molecular flexibility index (Phi) is 3.40. The predicted octanol–water partition coefficient (Wildman–Crippen LogP) is 3.61. The van der Waals surface area contributed by atoms with E-state index in [1.54, 1.807) is 18.0 Å². The molecule has 0 bridgehead atoms. The van der Waals surface area contributed by atoms with E-state index in [9.17, 15) is 5.26 Å². The minimum Gasteiger partial charge on any atom is -0.349 e. The van der Waals surface area contributed by atoms with Crippen LogP contribution in [0.15, 0.2) is 41.7 Å². The maximum absolute atomic E-state index is 9.28. The second-order valence-electron chi connectivity index (χ2n) is 4.24. The highest BCUT2D eigenvalue weighted by atomic mass is 32.2. The van der Waals surface area contributed by atoms with Crippen molar-refractivity contribution in [2.45, 2.75) is 11.9 Å². The monoisotopic (exact) mass is 280 g/mol. The molecule has 0 radical (unpaired) electrons. The molecule has 1 N–H and O–H groups in total. The van der Waals surface area contributed by atoms with E-state index in [1.807, 2.05) is 18.2 Å². The van der Waals surface area contributed by atoms with E-state index in [-0.39, 0.29) is 0 Å². The summed E-state index contributed by atoms with van der Waals surface area (Å²) in [6.07, 6.45) is 3.17. The van der Waals surface area contributed by atoms with Crippen LogP contribution >= 0.6 is 11.8 Å². The first kappa shape index (κ1) is 12.7. The molecule has 4 nitrogen and oxygen atoms in total. The van der Waals surface area contributed by atoms with Crippen LogP contribution in [-0.2, 0) is 0 Å². The Bertz CT molecular complexity index is 801. The van der Waals surface area contributed by atoms with Crippen LogP contribution in [0.3, 0.4) is 0 Å². The number of benzene rings is 1. The molecule has 5 heteroatoms. The second-order valence-corrected chi connectivity index (χ2v) is 5.51. The van der Waals surface area contributed by atoms with Crippen LogP contribution in [0, 0.1) is 11.3 Å². The van der Waals surface area contributed by atoms with Crippen LogP contribution in [0.1, 0.15) is 12.5 Å². The zero-order valence-corrected chi connectivity index (χ0v) is 11.7. The normalized spacial score (nSPS) is 10.6. The van der Waals surface area contributed by atoms with Crippen molar-refractivity contribution in [1.82, 2.24) is 15.2 Å². The number of thioether (sulfide) groups is 1. The Labute approximate surface area is 120 Å². The Morgan fingerprint density at radius 1 is 1.25 bits per heavy atom. The zero-order valence-electron chi connectivity index (χ0n) is 10.9. The molecule has 0 aliphatic carbocycles. The zero-order chi connectivity index (χ0) is 13.9. The third kappa shape index (κ3) is 2.04. The molecule has 0 aliphatic rings. The number of fused-ring (bicyclic) bond motifs is 1. The molecule has 3 aromatic rings. The van der Waals surface area contributed by atoms with Crippen LogP contribution < -0.4 is 0 Å². The van der Waals surface area contributed by atoms with E-state index in [0.29, 0.717) is 5.56 Å². The van der Waals surface area contributed by atoms with Crippen molar-refractivity contribution in [3.05, 3.63) is 42.2 Å². The van der Waals surface area contributed by atoms with E-state index in [2.05, 4.69) is 34.2 Å². The maximum atomic E-state index is 9.28. The highest BCUT2D eigenvalue weighted by molar-refractivity contribution is 7.99. The Morgan fingerprint density at radius 2 is 2.05 bits per heavy atom. The lowest BCUT2D eigenvalue weighted by molar-refractivity contribution is 1.02. The first-order valence-corrected chi connectivity index (χ1v) is 7.28. The average Bonchev–Trinajstić information content (AvgIpc) is 2.85. The van der Waals surface area contributed by atoms with Gasteiger partial charge in [0.1, 0.15) is 6.07 Å². The molecule has 0 spiro atoms. The van der Waals surface area contributed by atoms with Crippen LogP contribution in [-0.4, -0.2) is 20.9 Å². The molecule has 0 saturated heterocycles. The molecular weight excluding hydrogens is 268 g/mol. The summed E-state index contributed by atoms with van der Waals surface area (Å²) in [5, 5.41) is 19.2. The summed E-state index contributed by atoms with van der Waals surface area (Å²) in [5.74, 6) is 0.959. The average molecular weight is 280 g/mol. The van der Waals surface area contributed by atoms with Crippen molar-refractivity contribution in [2.24, 2.45) is 0 Å². The minimum atomic E-state index is 0.544. The Morgan fingerprint density at radius 3 is 2.85 bits per heavy atom. The van der Waals surface area contributed by atoms with Crippen molar-refractivity contribution in [3.63, 3.8) is 0 Å². The fraction of sp³-hybridized carbons (Fsp3) is 0.133. The van der Waals surface area contributed by atoms with Gasteiger partial charge in [-0.2, -0.15) is 15.5 Å². The van der Waals surface area contributed by atoms with Crippen LogP contribution in [0.25, 0.3) is 22.0 Å². The third-order valence-corrected chi connectivity index (χ3v) is 3.96. The number of nitriles is 1. The van der Waals surface area contributed by atoms with Gasteiger partial charge >= 0.3 is 0 Å². The molecule has 0 saturated carbocycles. The minimum absolute atomic E-state index is 0.544. The second kappa shape index (κ2) is 5.35. The number of para-hydroxylation sites is 1. The van der Waals surface area contributed by atoms with Gasteiger partial charge in [-0.3, -0.25) is 0 Å². The third-order valence-electron chi connectivity index (χ3n) is 3.08. The van der Waals surface area contributed by atoms with Crippen molar-refractivity contribution in [2.75, 3.05) is 5.75 Å². The molecular formula is C15H12N4S. The molecule has 2 aromatic heterocycles. The quantitative estimate of drug-likeness (QED) is 0.744. The van der Waals surface area contributed by atoms with Crippen LogP contribution in [0.5, 0.6) is 0 Å². The fourth-order valence-electron chi connectivity index (χ4n) is 2.25. The van der Waals surface area contributed by atoms with E-state index >= 15 is 0 Å². The number of nitrogens with zero attached hydrogens (tertiary/aromatic N) is 3. The Hall–Kier alpha value is -2.32. The largest absolute Gasteiger partial charge is 0.349 e. The highest BCUT2D eigenvalue weighted by Gasteiger charge is 2.16. The molecule has 0 aliphatic heterocycles. The molecule has 20 heavy (non-hydrogen) atoms. The first-order valence-electron chi connectivity index (χ1n) is 6.29. The van der Waals surface area contributed by atoms with E-state index in [4.69, 9.17) is 0 Å². The lowest BCUT2D eigenvalue weighted by Crippen LogP contribution is -1.90. The van der Waals surface area contributed by atoms with E-state index in [0.717, 1.165) is 32.8 Å². The summed E-state index contributed by atoms with van der Waals surface area (Å²) >= 11 is 1.73. The van der Waals surface area contributed by atoms with Gasteiger partial charge in [0, 0.05) is 22.0 Å². The van der Waals surface area contributed by atoms with Crippen molar-refractivity contribution < 1.29 is 0 Å². The predicted molar refractivity (Wildman–Crippen MR) is 80.4 cm³/mol. The number of nitrogens with one attached hydrogen (secondary N) is 1. The molecule has 3 rings (SSSR count). The molecule has 2 heterocycles. The van der Waals surface area contributed by atoms with Gasteiger partial charge < -0.3 is 4.98 Å². The van der Waals surface area contributed by atoms with Gasteiger partial charge in [0.2, 0.25) is 0 Å². The molecule has 0 unspecified atom stereocenters. The molecule has 0 atom stereocenters. The summed E-state index contributed by atoms with van der Waals surface area (Å²) < 4.78 is 0. The van der Waals surface area contributed by atoms with Gasteiger partial charge in [0.15, 0.2) is 0 Å². The van der Waals surface area contributed by atoms with Gasteiger partial charge in [0.25, 0.3) is 0 Å². The summed E-state index contributed by atoms with van der Waals surface area (Å²) in [5.41, 5.74) is 3.48. The fourth-order valence-corrected chi connectivity index (χ4v) is 3.08. The molecule has 0 fully saturated rings. The number of H-pyrrole nitrogens is 1. The van der Waals surface area contributed by atoms with Crippen molar-refractivity contribution in [3.8, 4) is 17.2 Å². The number of aromatic amines is 1. The van der Waals surface area contributed by atoms with E-state index < -0.39 is 0 Å². The Balaban J connectivity index is 2.34. The van der Waals surface area contributed by atoms with Crippen LogP contribution in [0.2, 0.25) is 0 Å². The van der Waals surface area contributed by atoms with Crippen LogP contribution in [0.4, 0.5) is 0 Å². The summed E-state index contributed by atoms with van der Waals surface area (Å²) in [7, 11) is 0. The number of rotatable bonds is 3. The smallest absolute Gasteiger partial charge is 0.102 e. The van der Waals surface area contributed by atoms with Gasteiger partial charge in [-0.1, -0.05) is 25.1 Å². The topological polar surface area (TPSA) is 65.4 Å². The SMILES string of the molecule is CCSc1[nH]c2ccccc2c1-c1cnncc1C#N. The van der Waals surface area contributed by atoms with Gasteiger partial charge in [-0.15, -0.1) is 11.8 Å². The lowest BCUT2D eigenvalue weighted by atomic mass is 10.0. The summed E-state index contributed by atoms with van der Waals surface area (Å²) in [4.78, 5) is 3.42. The number of aromatic nitrogens is 3. The molecule has 98 valence electrons. The van der Waals surface area contributed by atoms with E-state index in [1.165, 1.54) is 6.20 Å². The standard InChI is InChI=1S/C15H12N4S/c1-2-20-15-14(11-5-3-4-6-13(11)19-15)12-9-18-17-8-10(12)7-16/h3-6,8-9,19H,2H2,1H3. The summed E-state index contributed by atoms with van der Waals surface area (Å²) in [6.45, 7) is 2.11. The number of hydrogen-bond donors (Lipinski definition) is 1. The lowest BCUT2D eigenvalue weighted by Gasteiger charge is -2.04. The maximum Gasteiger partial charge on any atom is 0.102 e. The molecule has 0 amide bonds. The van der Waals surface area contributed by atoms with Crippen molar-refractivity contribution >= 4 is 22.7 Å². The highest BCUT2D eigenvalue weighted by Crippen LogP contribution is 2.38. The van der Waals surface area contributed by atoms with Crippen molar-refractivity contribution in [1.29, 1.82) is 5.26 Å².